The summed E-state index contributed by atoms with van der Waals surface area (Å²) in [6, 6.07) is 0. The third-order valence-corrected chi connectivity index (χ3v) is 10.2. The molecule has 3 atom stereocenters. The molecule has 2 aliphatic carbocycles. The van der Waals surface area contributed by atoms with E-state index in [0.29, 0.717) is 23.2 Å². The topological polar surface area (TPSA) is 158 Å². The van der Waals surface area contributed by atoms with Crippen LogP contribution in [0.2, 0.25) is 0 Å². The number of quaternary nitrogens is 1. The van der Waals surface area contributed by atoms with Crippen LogP contribution >= 0.6 is 7.82 Å². The van der Waals surface area contributed by atoms with Gasteiger partial charge in [-0.25, -0.2) is 0 Å². The van der Waals surface area contributed by atoms with E-state index >= 15 is 0 Å². The lowest BCUT2D eigenvalue weighted by Gasteiger charge is -2.34. The summed E-state index contributed by atoms with van der Waals surface area (Å²) in [5.41, 5.74) is -2.13. The van der Waals surface area contributed by atoms with Gasteiger partial charge in [0.15, 0.2) is 0 Å². The third kappa shape index (κ3) is 14.4. The summed E-state index contributed by atoms with van der Waals surface area (Å²) in [7, 11) is 1.18. The summed E-state index contributed by atoms with van der Waals surface area (Å²) < 4.78 is 38.7. The molecular weight excluding hydrogens is 617 g/mol. The molecule has 2 saturated carbocycles. The minimum Gasteiger partial charge on any atom is -0.756 e. The number of aliphatic hydroxyl groups excluding tert-OH is 1. The Morgan fingerprint density at radius 2 is 1.43 bits per heavy atom. The summed E-state index contributed by atoms with van der Waals surface area (Å²) >= 11 is 0. The van der Waals surface area contributed by atoms with Gasteiger partial charge in [-0.05, 0) is 72.1 Å². The van der Waals surface area contributed by atoms with Crippen molar-refractivity contribution in [3.63, 3.8) is 0 Å². The van der Waals surface area contributed by atoms with E-state index in [1.54, 1.807) is 20.8 Å². The molecule has 2 rings (SSSR count). The van der Waals surface area contributed by atoms with Crippen molar-refractivity contribution in [3.8, 4) is 0 Å². The average molecular weight is 678 g/mol. The van der Waals surface area contributed by atoms with Crippen LogP contribution in [0.3, 0.4) is 0 Å². The molecule has 268 valence electrons. The smallest absolute Gasteiger partial charge is 0.311 e. The number of carbonyl (C=O) groups is 3. The molecule has 0 aromatic rings. The molecule has 0 saturated heterocycles. The number of phosphoric ester groups is 1. The van der Waals surface area contributed by atoms with E-state index in [9.17, 15) is 28.9 Å². The van der Waals surface area contributed by atoms with Crippen molar-refractivity contribution >= 4 is 25.5 Å². The molecule has 3 unspecified atom stereocenters. The third-order valence-electron chi connectivity index (χ3n) is 9.25. The molecule has 0 heterocycles. The lowest BCUT2D eigenvalue weighted by atomic mass is 9.72. The highest BCUT2D eigenvalue weighted by Gasteiger charge is 2.43. The number of hydrogen-bond donors (Lipinski definition) is 1. The number of ketones is 1. The minimum absolute atomic E-state index is 0.0268. The maximum Gasteiger partial charge on any atom is 0.311 e. The van der Waals surface area contributed by atoms with Gasteiger partial charge >= 0.3 is 11.9 Å². The predicted molar refractivity (Wildman–Crippen MR) is 170 cm³/mol. The zero-order chi connectivity index (χ0) is 34.6. The first-order valence-corrected chi connectivity index (χ1v) is 18.4. The van der Waals surface area contributed by atoms with Gasteiger partial charge < -0.3 is 37.7 Å². The highest BCUT2D eigenvalue weighted by Crippen LogP contribution is 2.40. The van der Waals surface area contributed by atoms with Crippen molar-refractivity contribution in [1.29, 1.82) is 0 Å². The number of carbonyl (C=O) groups excluding carboxylic acids is 3. The Kier molecular flexibility index (Phi) is 16.3. The van der Waals surface area contributed by atoms with Crippen LogP contribution in [0.1, 0.15) is 98.3 Å². The number of hydrogen-bond acceptors (Lipinski definition) is 11. The fraction of sp³-hybridized carbons (Fsp3) is 0.909. The molecule has 0 bridgehead atoms. The molecule has 0 aromatic heterocycles. The van der Waals surface area contributed by atoms with Gasteiger partial charge in [-0.1, -0.05) is 26.2 Å². The summed E-state index contributed by atoms with van der Waals surface area (Å²) in [5, 5.41) is 10.5. The summed E-state index contributed by atoms with van der Waals surface area (Å²) in [5.74, 6) is -0.379. The molecular formula is C33H60NO11P. The lowest BCUT2D eigenvalue weighted by molar-refractivity contribution is -0.870. The second-order valence-corrected chi connectivity index (χ2v) is 16.4. The zero-order valence-electron chi connectivity index (χ0n) is 29.3. The Morgan fingerprint density at radius 3 is 2.02 bits per heavy atom. The molecule has 0 amide bonds. The van der Waals surface area contributed by atoms with Crippen LogP contribution < -0.4 is 4.89 Å². The van der Waals surface area contributed by atoms with Crippen LogP contribution in [0.25, 0.3) is 0 Å². The van der Waals surface area contributed by atoms with E-state index in [-0.39, 0.29) is 57.4 Å². The maximum atomic E-state index is 13.1. The quantitative estimate of drug-likeness (QED) is 0.0852. The normalized spacial score (nSPS) is 23.2. The highest BCUT2D eigenvalue weighted by molar-refractivity contribution is 7.45. The van der Waals surface area contributed by atoms with Crippen LogP contribution in [0.4, 0.5) is 0 Å². The minimum atomic E-state index is -4.53. The van der Waals surface area contributed by atoms with Gasteiger partial charge in [-0.2, -0.15) is 0 Å². The van der Waals surface area contributed by atoms with Crippen LogP contribution in [-0.4, -0.2) is 100 Å². The molecule has 13 heteroatoms. The van der Waals surface area contributed by atoms with Crippen molar-refractivity contribution in [2.45, 2.75) is 111 Å². The monoisotopic (exact) mass is 677 g/mol. The number of nitrogens with zero attached hydrogens (tertiary/aromatic N) is 1. The Hall–Kier alpha value is -1.40. The molecule has 2 aliphatic rings. The van der Waals surface area contributed by atoms with E-state index in [0.717, 1.165) is 51.4 Å². The molecule has 1 N–H and O–H groups in total. The van der Waals surface area contributed by atoms with Crippen LogP contribution in [0, 0.1) is 22.7 Å². The Labute approximate surface area is 276 Å². The van der Waals surface area contributed by atoms with Crippen molar-refractivity contribution in [1.82, 2.24) is 0 Å². The fourth-order valence-electron chi connectivity index (χ4n) is 6.21. The van der Waals surface area contributed by atoms with Gasteiger partial charge in [0, 0.05) is 11.8 Å². The summed E-state index contributed by atoms with van der Waals surface area (Å²) in [6.45, 7) is 6.34. The second kappa shape index (κ2) is 18.4. The maximum absolute atomic E-state index is 13.1. The molecule has 0 aromatic carbocycles. The molecule has 0 aliphatic heterocycles. The largest absolute Gasteiger partial charge is 0.756 e. The zero-order valence-corrected chi connectivity index (χ0v) is 30.1. The van der Waals surface area contributed by atoms with Gasteiger partial charge in [0.2, 0.25) is 0 Å². The van der Waals surface area contributed by atoms with Gasteiger partial charge in [0.25, 0.3) is 7.82 Å². The Morgan fingerprint density at radius 1 is 0.848 bits per heavy atom. The van der Waals surface area contributed by atoms with Gasteiger partial charge in [-0.3, -0.25) is 18.9 Å². The van der Waals surface area contributed by atoms with Gasteiger partial charge in [-0.15, -0.1) is 0 Å². The first kappa shape index (κ1) is 40.8. The number of likely N-dealkylation sites (N-methyl/N-ethyl adjacent to an activating group) is 1. The summed E-state index contributed by atoms with van der Waals surface area (Å²) in [6.07, 6.45) is 8.24. The van der Waals surface area contributed by atoms with Gasteiger partial charge in [0.05, 0.1) is 51.3 Å². The Bertz CT molecular complexity index is 1020. The highest BCUT2D eigenvalue weighted by atomic mass is 31.2. The first-order valence-electron chi connectivity index (χ1n) is 17.0. The van der Waals surface area contributed by atoms with Gasteiger partial charge in [0.1, 0.15) is 38.3 Å². The molecule has 0 radical (unpaired) electrons. The fourth-order valence-corrected chi connectivity index (χ4v) is 6.89. The Balaban J connectivity index is 1.70. The number of esters is 2. The van der Waals surface area contributed by atoms with Crippen molar-refractivity contribution in [3.05, 3.63) is 0 Å². The second-order valence-electron chi connectivity index (χ2n) is 15.0. The molecule has 2 fully saturated rings. The molecule has 0 spiro atoms. The number of rotatable bonds is 20. The van der Waals surface area contributed by atoms with Crippen LogP contribution in [-0.2, 0) is 42.2 Å². The number of phosphoric acid groups is 1. The standard InChI is InChI=1S/C33H60NO11P/c1-8-33(4,24-32(2,3)30(37)41-20-21-45-46(39,40)44-19-18-34(5,6)7)31(38)43-23-27(35)22-42-28-16-14-26(15-17-28)29(36)25-12-10-9-11-13-25/h25-28,35H,8-24H2,1-7H3. The van der Waals surface area contributed by atoms with Crippen molar-refractivity contribution in [2.24, 2.45) is 22.7 Å². The number of Topliss-reactive ketones (excluding diaryl/α,β-unsaturated/α-hetero) is 1. The number of aliphatic hydroxyl groups is 1. The average Bonchev–Trinajstić information content (AvgIpc) is 3.00. The lowest BCUT2D eigenvalue weighted by Crippen LogP contribution is -2.40. The first-order chi connectivity index (χ1) is 21.4. The predicted octanol–water partition coefficient (Wildman–Crippen LogP) is 4.20. The van der Waals surface area contributed by atoms with E-state index in [2.05, 4.69) is 0 Å². The van der Waals surface area contributed by atoms with E-state index in [1.165, 1.54) is 6.42 Å². The molecule has 12 nitrogen and oxygen atoms in total. The molecule has 46 heavy (non-hydrogen) atoms. The SMILES string of the molecule is CCC(C)(CC(C)(C)C(=O)OCCOP(=O)([O-])OCC[N+](C)(C)C)C(=O)OCC(O)COC1CCC(C(=O)C2CCCCC2)CC1. The van der Waals surface area contributed by atoms with Crippen molar-refractivity contribution in [2.75, 3.05) is 60.7 Å². The van der Waals surface area contributed by atoms with Crippen LogP contribution in [0.15, 0.2) is 0 Å². The van der Waals surface area contributed by atoms with Crippen molar-refractivity contribution < 1.29 is 56.7 Å². The summed E-state index contributed by atoms with van der Waals surface area (Å²) in [4.78, 5) is 50.7. The van der Waals surface area contributed by atoms with E-state index < -0.39 is 36.7 Å². The van der Waals surface area contributed by atoms with Crippen LogP contribution in [0.5, 0.6) is 0 Å². The van der Waals surface area contributed by atoms with E-state index in [1.807, 2.05) is 28.1 Å². The van der Waals surface area contributed by atoms with E-state index in [4.69, 9.17) is 23.3 Å². The number of ether oxygens (including phenoxy) is 3.